The molecule has 0 unspecified atom stereocenters. The van der Waals surface area contributed by atoms with Crippen molar-refractivity contribution >= 4 is 0 Å². The first kappa shape index (κ1) is 12.7. The Balaban J connectivity index is 2.34. The van der Waals surface area contributed by atoms with E-state index in [0.29, 0.717) is 5.56 Å². The van der Waals surface area contributed by atoms with E-state index in [4.69, 9.17) is 5.26 Å². The maximum absolute atomic E-state index is 9.69. The lowest BCUT2D eigenvalue weighted by atomic mass is 10.0. The van der Waals surface area contributed by atoms with Crippen LogP contribution < -0.4 is 0 Å². The number of aryl methyl sites for hydroxylation is 1. The van der Waals surface area contributed by atoms with Crippen LogP contribution in [0.2, 0.25) is 0 Å². The van der Waals surface area contributed by atoms with Crippen molar-refractivity contribution in [3.05, 3.63) is 35.4 Å². The summed E-state index contributed by atoms with van der Waals surface area (Å²) < 4.78 is 0. The van der Waals surface area contributed by atoms with Crippen LogP contribution in [-0.4, -0.2) is 11.2 Å². The van der Waals surface area contributed by atoms with E-state index in [-0.39, 0.29) is 6.10 Å². The first-order valence-electron chi connectivity index (χ1n) is 5.93. The molecule has 0 bridgehead atoms. The molecular formula is C14H19NO. The Labute approximate surface area is 97.5 Å². The third kappa shape index (κ3) is 4.46. The number of hydrogen-bond acceptors (Lipinski definition) is 2. The van der Waals surface area contributed by atoms with Gasteiger partial charge in [-0.2, -0.15) is 5.26 Å². The zero-order valence-corrected chi connectivity index (χ0v) is 9.82. The topological polar surface area (TPSA) is 44.0 Å². The maximum atomic E-state index is 9.69. The van der Waals surface area contributed by atoms with Gasteiger partial charge in [0.15, 0.2) is 0 Å². The molecule has 16 heavy (non-hydrogen) atoms. The molecule has 0 radical (unpaired) electrons. The zero-order chi connectivity index (χ0) is 11.8. The van der Waals surface area contributed by atoms with Gasteiger partial charge in [-0.1, -0.05) is 31.9 Å². The second kappa shape index (κ2) is 7.03. The van der Waals surface area contributed by atoms with Crippen LogP contribution in [0.5, 0.6) is 0 Å². The van der Waals surface area contributed by atoms with Crippen LogP contribution in [0.25, 0.3) is 0 Å². The van der Waals surface area contributed by atoms with Crippen LogP contribution in [0, 0.1) is 11.3 Å². The van der Waals surface area contributed by atoms with Crippen molar-refractivity contribution in [3.8, 4) is 6.07 Å². The lowest BCUT2D eigenvalue weighted by molar-refractivity contribution is 0.152. The first-order valence-corrected chi connectivity index (χ1v) is 5.93. The van der Waals surface area contributed by atoms with E-state index in [1.807, 2.05) is 24.3 Å². The number of benzene rings is 1. The summed E-state index contributed by atoms with van der Waals surface area (Å²) in [6.45, 7) is 2.13. The maximum Gasteiger partial charge on any atom is 0.0991 e. The van der Waals surface area contributed by atoms with Gasteiger partial charge >= 0.3 is 0 Å². The Bertz CT molecular complexity index is 337. The molecule has 0 fully saturated rings. The second-order valence-electron chi connectivity index (χ2n) is 4.14. The Morgan fingerprint density at radius 2 is 1.94 bits per heavy atom. The van der Waals surface area contributed by atoms with Crippen molar-refractivity contribution in [2.24, 2.45) is 0 Å². The highest BCUT2D eigenvalue weighted by Crippen LogP contribution is 2.10. The number of nitriles is 1. The fraction of sp³-hybridized carbons (Fsp3) is 0.500. The molecule has 0 aliphatic heterocycles. The van der Waals surface area contributed by atoms with Crippen LogP contribution in [0.4, 0.5) is 0 Å². The number of hydrogen-bond donors (Lipinski definition) is 1. The van der Waals surface area contributed by atoms with Gasteiger partial charge in [0, 0.05) is 0 Å². The molecule has 0 aromatic heterocycles. The summed E-state index contributed by atoms with van der Waals surface area (Å²) in [7, 11) is 0. The van der Waals surface area contributed by atoms with Gasteiger partial charge in [-0.3, -0.25) is 0 Å². The van der Waals surface area contributed by atoms with E-state index in [0.717, 1.165) is 32.1 Å². The van der Waals surface area contributed by atoms with Crippen LogP contribution >= 0.6 is 0 Å². The fourth-order valence-electron chi connectivity index (χ4n) is 1.66. The van der Waals surface area contributed by atoms with E-state index < -0.39 is 0 Å². The van der Waals surface area contributed by atoms with Gasteiger partial charge in [0.25, 0.3) is 0 Å². The average Bonchev–Trinajstić information content (AvgIpc) is 2.34. The summed E-state index contributed by atoms with van der Waals surface area (Å²) in [5.74, 6) is 0. The highest BCUT2D eigenvalue weighted by molar-refractivity contribution is 5.31. The average molecular weight is 217 g/mol. The summed E-state index contributed by atoms with van der Waals surface area (Å²) >= 11 is 0. The Hall–Kier alpha value is -1.33. The minimum absolute atomic E-state index is 0.185. The molecule has 0 heterocycles. The predicted molar refractivity (Wildman–Crippen MR) is 65.0 cm³/mol. The Morgan fingerprint density at radius 3 is 2.50 bits per heavy atom. The molecule has 2 heteroatoms. The fourth-order valence-corrected chi connectivity index (χ4v) is 1.66. The minimum Gasteiger partial charge on any atom is -0.393 e. The number of aliphatic hydroxyl groups is 1. The van der Waals surface area contributed by atoms with Crippen LogP contribution in [0.3, 0.4) is 0 Å². The minimum atomic E-state index is -0.185. The zero-order valence-electron chi connectivity index (χ0n) is 9.82. The molecule has 86 valence electrons. The number of unbranched alkanes of at least 4 members (excludes halogenated alkanes) is 1. The van der Waals surface area contributed by atoms with Crippen molar-refractivity contribution in [1.82, 2.24) is 0 Å². The molecule has 0 amide bonds. The Morgan fingerprint density at radius 1 is 1.25 bits per heavy atom. The summed E-state index contributed by atoms with van der Waals surface area (Å²) in [4.78, 5) is 0. The van der Waals surface area contributed by atoms with Crippen molar-refractivity contribution in [2.45, 2.75) is 45.1 Å². The molecule has 1 rings (SSSR count). The number of aliphatic hydroxyl groups excluding tert-OH is 1. The van der Waals surface area contributed by atoms with E-state index in [1.54, 1.807) is 0 Å². The Kier molecular flexibility index (Phi) is 5.60. The summed E-state index contributed by atoms with van der Waals surface area (Å²) in [5.41, 5.74) is 1.88. The van der Waals surface area contributed by atoms with E-state index >= 15 is 0 Å². The molecule has 0 aliphatic rings. The van der Waals surface area contributed by atoms with Crippen molar-refractivity contribution in [3.63, 3.8) is 0 Å². The van der Waals surface area contributed by atoms with Crippen molar-refractivity contribution in [1.29, 1.82) is 5.26 Å². The molecule has 1 aromatic rings. The molecule has 1 aromatic carbocycles. The quantitative estimate of drug-likeness (QED) is 0.796. The van der Waals surface area contributed by atoms with Gasteiger partial charge in [-0.25, -0.2) is 0 Å². The predicted octanol–water partition coefficient (Wildman–Crippen LogP) is 3.04. The normalized spacial score (nSPS) is 12.1. The monoisotopic (exact) mass is 217 g/mol. The number of nitrogens with zero attached hydrogens (tertiary/aromatic N) is 1. The van der Waals surface area contributed by atoms with Gasteiger partial charge in [0.2, 0.25) is 0 Å². The smallest absolute Gasteiger partial charge is 0.0991 e. The van der Waals surface area contributed by atoms with Gasteiger partial charge in [0.1, 0.15) is 0 Å². The van der Waals surface area contributed by atoms with Gasteiger partial charge < -0.3 is 5.11 Å². The summed E-state index contributed by atoms with van der Waals surface area (Å²) in [5, 5.41) is 18.3. The van der Waals surface area contributed by atoms with Gasteiger partial charge in [0.05, 0.1) is 17.7 Å². The third-order valence-corrected chi connectivity index (χ3v) is 2.74. The number of rotatable bonds is 6. The molecule has 2 nitrogen and oxygen atoms in total. The van der Waals surface area contributed by atoms with E-state index in [1.165, 1.54) is 5.56 Å². The molecule has 0 aliphatic carbocycles. The van der Waals surface area contributed by atoms with Crippen LogP contribution in [-0.2, 0) is 6.42 Å². The molecule has 0 saturated heterocycles. The summed E-state index contributed by atoms with van der Waals surface area (Å²) in [6.07, 6.45) is 4.63. The molecule has 0 spiro atoms. The molecule has 1 N–H and O–H groups in total. The van der Waals surface area contributed by atoms with Crippen LogP contribution in [0.15, 0.2) is 24.3 Å². The van der Waals surface area contributed by atoms with Gasteiger partial charge in [-0.15, -0.1) is 0 Å². The molecule has 1 atom stereocenters. The van der Waals surface area contributed by atoms with Crippen molar-refractivity contribution in [2.75, 3.05) is 0 Å². The van der Waals surface area contributed by atoms with E-state index in [9.17, 15) is 5.11 Å². The lowest BCUT2D eigenvalue weighted by Crippen LogP contribution is -2.07. The largest absolute Gasteiger partial charge is 0.393 e. The summed E-state index contributed by atoms with van der Waals surface area (Å²) in [6, 6.07) is 9.68. The highest BCUT2D eigenvalue weighted by atomic mass is 16.3. The van der Waals surface area contributed by atoms with Crippen LogP contribution in [0.1, 0.15) is 43.7 Å². The first-order chi connectivity index (χ1) is 7.76. The highest BCUT2D eigenvalue weighted by Gasteiger charge is 2.03. The standard InChI is InChI=1S/C14H19NO/c1-2-3-4-14(16)10-9-12-5-7-13(11-15)8-6-12/h5-8,14,16H,2-4,9-10H2,1H3/t14-/m1/s1. The molecule has 0 saturated carbocycles. The van der Waals surface area contributed by atoms with Gasteiger partial charge in [-0.05, 0) is 37.0 Å². The third-order valence-electron chi connectivity index (χ3n) is 2.74. The SMILES string of the molecule is CCCC[C@@H](O)CCc1ccc(C#N)cc1. The van der Waals surface area contributed by atoms with Crippen molar-refractivity contribution < 1.29 is 5.11 Å². The van der Waals surface area contributed by atoms with E-state index in [2.05, 4.69) is 13.0 Å². The lowest BCUT2D eigenvalue weighted by Gasteiger charge is -2.09. The molecular weight excluding hydrogens is 198 g/mol. The second-order valence-corrected chi connectivity index (χ2v) is 4.14.